The van der Waals surface area contributed by atoms with Crippen LogP contribution < -0.4 is 10.2 Å². The van der Waals surface area contributed by atoms with Gasteiger partial charge in [-0.2, -0.15) is 0 Å². The molecule has 0 bridgehead atoms. The highest BCUT2D eigenvalue weighted by atomic mass is 35.5. The number of anilines is 1. The van der Waals surface area contributed by atoms with Crippen molar-refractivity contribution in [1.29, 1.82) is 0 Å². The Balaban J connectivity index is 1.49. The number of carbonyl (C=O) groups excluding carboxylic acids is 1. The van der Waals surface area contributed by atoms with Crippen LogP contribution >= 0.6 is 23.4 Å². The fourth-order valence-corrected chi connectivity index (χ4v) is 4.50. The Morgan fingerprint density at radius 2 is 2.09 bits per heavy atom. The van der Waals surface area contributed by atoms with Gasteiger partial charge in [-0.3, -0.25) is 9.69 Å². The number of morpholine rings is 1. The zero-order valence-electron chi connectivity index (χ0n) is 18.8. The van der Waals surface area contributed by atoms with Crippen LogP contribution in [-0.2, 0) is 10.5 Å². The molecule has 1 aromatic carbocycles. The van der Waals surface area contributed by atoms with Crippen LogP contribution in [0.2, 0.25) is 5.15 Å². The number of halogens is 1. The summed E-state index contributed by atoms with van der Waals surface area (Å²) in [5, 5.41) is 4.10. The molecule has 2 aromatic rings. The van der Waals surface area contributed by atoms with Gasteiger partial charge in [-0.1, -0.05) is 42.4 Å². The molecule has 0 radical (unpaired) electrons. The van der Waals surface area contributed by atoms with Crippen molar-refractivity contribution < 1.29 is 9.53 Å². The van der Waals surface area contributed by atoms with Crippen LogP contribution in [-0.4, -0.2) is 73.8 Å². The topological polar surface area (TPSA) is 70.6 Å². The average Bonchev–Trinajstić information content (AvgIpc) is 2.81. The SMILES string of the molecule is CCCN(C)c1cc(Cl)nc(SCc2cccc(C(=O)NCCCN3CCOCC3)c2)n1. The Hall–Kier alpha value is -1.87. The summed E-state index contributed by atoms with van der Waals surface area (Å²) in [6.45, 7) is 8.22. The molecule has 7 nitrogen and oxygen atoms in total. The van der Waals surface area contributed by atoms with E-state index in [2.05, 4.69) is 32.0 Å². The van der Waals surface area contributed by atoms with Crippen molar-refractivity contribution in [3.63, 3.8) is 0 Å². The van der Waals surface area contributed by atoms with Crippen LogP contribution in [0, 0.1) is 0 Å². The Morgan fingerprint density at radius 1 is 1.28 bits per heavy atom. The zero-order chi connectivity index (χ0) is 22.8. The monoisotopic (exact) mass is 477 g/mol. The number of hydrogen-bond acceptors (Lipinski definition) is 7. The van der Waals surface area contributed by atoms with Gasteiger partial charge in [-0.05, 0) is 37.1 Å². The number of carbonyl (C=O) groups is 1. The number of ether oxygens (including phenoxy) is 1. The van der Waals surface area contributed by atoms with Gasteiger partial charge in [0.05, 0.1) is 13.2 Å². The first kappa shape index (κ1) is 24.8. The third kappa shape index (κ3) is 7.92. The van der Waals surface area contributed by atoms with Crippen molar-refractivity contribution in [3.8, 4) is 0 Å². The van der Waals surface area contributed by atoms with Gasteiger partial charge in [0.25, 0.3) is 5.91 Å². The largest absolute Gasteiger partial charge is 0.379 e. The molecular formula is C23H32ClN5O2S. The van der Waals surface area contributed by atoms with Crippen molar-refractivity contribution in [3.05, 3.63) is 46.6 Å². The van der Waals surface area contributed by atoms with Gasteiger partial charge in [0.2, 0.25) is 0 Å². The van der Waals surface area contributed by atoms with Gasteiger partial charge in [0, 0.05) is 50.6 Å². The smallest absolute Gasteiger partial charge is 0.251 e. The minimum absolute atomic E-state index is 0.0405. The molecule has 0 unspecified atom stereocenters. The third-order valence-corrected chi connectivity index (χ3v) is 6.32. The summed E-state index contributed by atoms with van der Waals surface area (Å²) in [6.07, 6.45) is 1.96. The lowest BCUT2D eigenvalue weighted by Crippen LogP contribution is -2.38. The van der Waals surface area contributed by atoms with E-state index < -0.39 is 0 Å². The fraction of sp³-hybridized carbons (Fsp3) is 0.522. The first-order chi connectivity index (χ1) is 15.5. The predicted molar refractivity (Wildman–Crippen MR) is 131 cm³/mol. The number of aromatic nitrogens is 2. The van der Waals surface area contributed by atoms with Crippen LogP contribution in [0.1, 0.15) is 35.7 Å². The number of thioether (sulfide) groups is 1. The number of nitrogens with one attached hydrogen (secondary N) is 1. The average molecular weight is 478 g/mol. The van der Waals surface area contributed by atoms with Crippen LogP contribution in [0.25, 0.3) is 0 Å². The minimum Gasteiger partial charge on any atom is -0.379 e. The molecule has 9 heteroatoms. The summed E-state index contributed by atoms with van der Waals surface area (Å²) in [6, 6.07) is 9.48. The van der Waals surface area contributed by atoms with Crippen molar-refractivity contribution in [1.82, 2.24) is 20.2 Å². The quantitative estimate of drug-likeness (QED) is 0.229. The molecule has 1 aliphatic rings. The molecule has 1 amide bonds. The molecule has 1 aliphatic heterocycles. The molecular weight excluding hydrogens is 446 g/mol. The lowest BCUT2D eigenvalue weighted by atomic mass is 10.1. The van der Waals surface area contributed by atoms with Gasteiger partial charge in [0.1, 0.15) is 11.0 Å². The summed E-state index contributed by atoms with van der Waals surface area (Å²) in [5.41, 5.74) is 1.72. The van der Waals surface area contributed by atoms with E-state index in [1.165, 1.54) is 11.8 Å². The Morgan fingerprint density at radius 3 is 2.88 bits per heavy atom. The van der Waals surface area contributed by atoms with E-state index in [0.717, 1.165) is 63.6 Å². The Labute approximate surface area is 199 Å². The second kappa shape index (κ2) is 13.0. The van der Waals surface area contributed by atoms with E-state index in [0.29, 0.717) is 28.2 Å². The highest BCUT2D eigenvalue weighted by Crippen LogP contribution is 2.24. The summed E-state index contributed by atoms with van der Waals surface area (Å²) in [5.74, 6) is 1.44. The Kier molecular flexibility index (Phi) is 10.1. The third-order valence-electron chi connectivity index (χ3n) is 5.21. The first-order valence-electron chi connectivity index (χ1n) is 11.1. The number of rotatable bonds is 11. The second-order valence-electron chi connectivity index (χ2n) is 7.81. The summed E-state index contributed by atoms with van der Waals surface area (Å²) >= 11 is 7.71. The van der Waals surface area contributed by atoms with Crippen molar-refractivity contribution in [2.75, 3.05) is 57.9 Å². The Bertz CT molecular complexity index is 879. The van der Waals surface area contributed by atoms with E-state index in [1.807, 2.05) is 31.3 Å². The number of nitrogens with zero attached hydrogens (tertiary/aromatic N) is 4. The molecule has 1 aromatic heterocycles. The molecule has 0 atom stereocenters. The van der Waals surface area contributed by atoms with Crippen LogP contribution in [0.5, 0.6) is 0 Å². The maximum Gasteiger partial charge on any atom is 0.251 e. The molecule has 3 rings (SSSR count). The molecule has 2 heterocycles. The van der Waals surface area contributed by atoms with Crippen LogP contribution in [0.3, 0.4) is 0 Å². The maximum absolute atomic E-state index is 12.5. The van der Waals surface area contributed by atoms with E-state index in [1.54, 1.807) is 6.07 Å². The molecule has 0 saturated carbocycles. The van der Waals surface area contributed by atoms with Gasteiger partial charge < -0.3 is 15.0 Å². The van der Waals surface area contributed by atoms with Gasteiger partial charge in [0.15, 0.2) is 5.16 Å². The molecule has 1 N–H and O–H groups in total. The predicted octanol–water partition coefficient (Wildman–Crippen LogP) is 3.72. The number of amides is 1. The standard InChI is InChI=1S/C23H32ClN5O2S/c1-3-9-28(2)21-16-20(24)26-23(27-21)32-17-18-6-4-7-19(15-18)22(30)25-8-5-10-29-11-13-31-14-12-29/h4,6-7,15-16H,3,5,8-14,17H2,1-2H3,(H,25,30). The van der Waals surface area contributed by atoms with Crippen LogP contribution in [0.4, 0.5) is 5.82 Å². The maximum atomic E-state index is 12.5. The molecule has 1 saturated heterocycles. The lowest BCUT2D eigenvalue weighted by molar-refractivity contribution is 0.0374. The molecule has 0 aliphatic carbocycles. The van der Waals surface area contributed by atoms with E-state index in [4.69, 9.17) is 16.3 Å². The molecule has 174 valence electrons. The highest BCUT2D eigenvalue weighted by molar-refractivity contribution is 7.98. The minimum atomic E-state index is -0.0405. The second-order valence-corrected chi connectivity index (χ2v) is 9.14. The van der Waals surface area contributed by atoms with E-state index in [-0.39, 0.29) is 5.91 Å². The molecule has 0 spiro atoms. The highest BCUT2D eigenvalue weighted by Gasteiger charge is 2.11. The van der Waals surface area contributed by atoms with Gasteiger partial charge >= 0.3 is 0 Å². The normalized spacial score (nSPS) is 14.3. The van der Waals surface area contributed by atoms with E-state index >= 15 is 0 Å². The van der Waals surface area contributed by atoms with Gasteiger partial charge in [-0.25, -0.2) is 9.97 Å². The van der Waals surface area contributed by atoms with Gasteiger partial charge in [-0.15, -0.1) is 0 Å². The first-order valence-corrected chi connectivity index (χ1v) is 12.5. The summed E-state index contributed by atoms with van der Waals surface area (Å²) < 4.78 is 5.36. The molecule has 1 fully saturated rings. The lowest BCUT2D eigenvalue weighted by Gasteiger charge is -2.26. The number of hydrogen-bond donors (Lipinski definition) is 1. The number of benzene rings is 1. The summed E-state index contributed by atoms with van der Waals surface area (Å²) in [7, 11) is 2.00. The fourth-order valence-electron chi connectivity index (χ4n) is 3.48. The van der Waals surface area contributed by atoms with Crippen molar-refractivity contribution in [2.24, 2.45) is 0 Å². The summed E-state index contributed by atoms with van der Waals surface area (Å²) in [4.78, 5) is 25.9. The molecule has 32 heavy (non-hydrogen) atoms. The van der Waals surface area contributed by atoms with Crippen molar-refractivity contribution >= 4 is 35.1 Å². The van der Waals surface area contributed by atoms with E-state index in [9.17, 15) is 4.79 Å². The zero-order valence-corrected chi connectivity index (χ0v) is 20.4. The van der Waals surface area contributed by atoms with Crippen molar-refractivity contribution in [2.45, 2.75) is 30.7 Å². The van der Waals surface area contributed by atoms with Crippen LogP contribution in [0.15, 0.2) is 35.5 Å².